The lowest BCUT2D eigenvalue weighted by atomic mass is 10.2. The van der Waals surface area contributed by atoms with Crippen molar-refractivity contribution in [1.29, 1.82) is 0 Å². The molecule has 0 radical (unpaired) electrons. The third-order valence-corrected chi connectivity index (χ3v) is 2.15. The Morgan fingerprint density at radius 3 is 2.89 bits per heavy atom. The predicted octanol–water partition coefficient (Wildman–Crippen LogP) is 1.23. The molecule has 98 valence electrons. The minimum Gasteiger partial charge on any atom is -0.469 e. The number of hydrogen-bond acceptors (Lipinski definition) is 6. The molecule has 0 atom stereocenters. The van der Waals surface area contributed by atoms with Crippen LogP contribution in [0, 0.1) is 0 Å². The predicted molar refractivity (Wildman–Crippen MR) is 65.3 cm³/mol. The zero-order valence-corrected chi connectivity index (χ0v) is 10.4. The van der Waals surface area contributed by atoms with Crippen LogP contribution in [0.4, 0.5) is 5.82 Å². The number of carbonyl (C=O) groups excluding carboxylic acids is 2. The quantitative estimate of drug-likeness (QED) is 0.767. The van der Waals surface area contributed by atoms with Gasteiger partial charge in [0.25, 0.3) is 0 Å². The Morgan fingerprint density at radius 2 is 2.22 bits per heavy atom. The number of anilines is 1. The van der Waals surface area contributed by atoms with Gasteiger partial charge in [0.2, 0.25) is 0 Å². The van der Waals surface area contributed by atoms with Crippen LogP contribution in [-0.2, 0) is 14.3 Å². The zero-order valence-electron chi connectivity index (χ0n) is 10.4. The molecular weight excluding hydrogens is 236 g/mol. The van der Waals surface area contributed by atoms with Crippen molar-refractivity contribution in [1.82, 2.24) is 4.98 Å². The number of pyridine rings is 1. The standard InChI is InChI=1S/C12H16N2O4/c1-3-18-12(16)9-5-4-7-13-11(9)14-8-6-10(15)17-2/h4-5,7H,3,6,8H2,1-2H3,(H,13,14). The molecule has 6 heteroatoms. The van der Waals surface area contributed by atoms with Crippen molar-refractivity contribution in [2.75, 3.05) is 25.6 Å². The second-order valence-electron chi connectivity index (χ2n) is 3.37. The van der Waals surface area contributed by atoms with Crippen LogP contribution in [0.3, 0.4) is 0 Å². The fourth-order valence-electron chi connectivity index (χ4n) is 1.30. The maximum absolute atomic E-state index is 11.6. The Kier molecular flexibility index (Phi) is 5.63. The van der Waals surface area contributed by atoms with Gasteiger partial charge in [-0.05, 0) is 19.1 Å². The first-order valence-electron chi connectivity index (χ1n) is 5.61. The average molecular weight is 252 g/mol. The topological polar surface area (TPSA) is 77.5 Å². The molecule has 0 amide bonds. The first-order chi connectivity index (χ1) is 8.69. The minimum absolute atomic E-state index is 0.204. The molecule has 0 unspecified atom stereocenters. The zero-order chi connectivity index (χ0) is 13.4. The van der Waals surface area contributed by atoms with Gasteiger partial charge < -0.3 is 14.8 Å². The number of carbonyl (C=O) groups is 2. The number of nitrogens with zero attached hydrogens (tertiary/aromatic N) is 1. The SMILES string of the molecule is CCOC(=O)c1cccnc1NCCC(=O)OC. The second-order valence-corrected chi connectivity index (χ2v) is 3.37. The minimum atomic E-state index is -0.439. The smallest absolute Gasteiger partial charge is 0.341 e. The highest BCUT2D eigenvalue weighted by molar-refractivity contribution is 5.94. The molecule has 1 rings (SSSR count). The van der Waals surface area contributed by atoms with E-state index in [4.69, 9.17) is 4.74 Å². The molecule has 1 aromatic rings. The summed E-state index contributed by atoms with van der Waals surface area (Å²) in [5.41, 5.74) is 0.351. The van der Waals surface area contributed by atoms with Crippen LogP contribution in [0.25, 0.3) is 0 Å². The lowest BCUT2D eigenvalue weighted by Crippen LogP contribution is -2.14. The number of ether oxygens (including phenoxy) is 2. The molecule has 0 spiro atoms. The highest BCUT2D eigenvalue weighted by atomic mass is 16.5. The largest absolute Gasteiger partial charge is 0.469 e. The van der Waals surface area contributed by atoms with Gasteiger partial charge in [-0.25, -0.2) is 9.78 Å². The normalized spacial score (nSPS) is 9.67. The van der Waals surface area contributed by atoms with E-state index in [9.17, 15) is 9.59 Å². The van der Waals surface area contributed by atoms with E-state index in [0.29, 0.717) is 24.5 Å². The summed E-state index contributed by atoms with van der Waals surface area (Å²) in [5, 5.41) is 2.91. The second kappa shape index (κ2) is 7.26. The van der Waals surface area contributed by atoms with E-state index in [1.54, 1.807) is 25.3 Å². The van der Waals surface area contributed by atoms with Gasteiger partial charge in [-0.3, -0.25) is 4.79 Å². The molecule has 1 heterocycles. The molecule has 0 aliphatic rings. The van der Waals surface area contributed by atoms with Crippen LogP contribution in [0.1, 0.15) is 23.7 Å². The number of hydrogen-bond donors (Lipinski definition) is 1. The number of nitrogens with one attached hydrogen (secondary N) is 1. The van der Waals surface area contributed by atoms with E-state index < -0.39 is 5.97 Å². The van der Waals surface area contributed by atoms with Gasteiger partial charge in [0.15, 0.2) is 0 Å². The van der Waals surface area contributed by atoms with Gasteiger partial charge in [0.1, 0.15) is 11.4 Å². The Labute approximate surface area is 105 Å². The number of rotatable bonds is 6. The van der Waals surface area contributed by atoms with Gasteiger partial charge in [0.05, 0.1) is 20.1 Å². The monoisotopic (exact) mass is 252 g/mol. The first kappa shape index (κ1) is 14.0. The summed E-state index contributed by atoms with van der Waals surface area (Å²) in [6, 6.07) is 3.27. The third-order valence-electron chi connectivity index (χ3n) is 2.15. The van der Waals surface area contributed by atoms with Crippen molar-refractivity contribution < 1.29 is 19.1 Å². The Balaban J connectivity index is 2.64. The number of methoxy groups -OCH3 is 1. The Bertz CT molecular complexity index is 420. The number of esters is 2. The van der Waals surface area contributed by atoms with Crippen molar-refractivity contribution in [2.24, 2.45) is 0 Å². The summed E-state index contributed by atoms with van der Waals surface area (Å²) >= 11 is 0. The molecule has 1 aromatic heterocycles. The highest BCUT2D eigenvalue weighted by Gasteiger charge is 2.13. The molecule has 0 aliphatic heterocycles. The van der Waals surface area contributed by atoms with Crippen molar-refractivity contribution in [3.63, 3.8) is 0 Å². The highest BCUT2D eigenvalue weighted by Crippen LogP contribution is 2.12. The van der Waals surface area contributed by atoms with Crippen LogP contribution in [-0.4, -0.2) is 37.2 Å². The summed E-state index contributed by atoms with van der Waals surface area (Å²) in [7, 11) is 1.33. The maximum atomic E-state index is 11.6. The molecule has 0 saturated carbocycles. The molecule has 1 N–H and O–H groups in total. The number of aromatic nitrogens is 1. The van der Waals surface area contributed by atoms with Gasteiger partial charge >= 0.3 is 11.9 Å². The molecule has 0 bridgehead atoms. The fraction of sp³-hybridized carbons (Fsp3) is 0.417. The Morgan fingerprint density at radius 1 is 1.44 bits per heavy atom. The third kappa shape index (κ3) is 4.04. The van der Waals surface area contributed by atoms with Crippen molar-refractivity contribution >= 4 is 17.8 Å². The van der Waals surface area contributed by atoms with Crippen LogP contribution < -0.4 is 5.32 Å². The van der Waals surface area contributed by atoms with Crippen molar-refractivity contribution in [3.8, 4) is 0 Å². The fourth-order valence-corrected chi connectivity index (χ4v) is 1.30. The summed E-state index contributed by atoms with van der Waals surface area (Å²) in [4.78, 5) is 26.6. The van der Waals surface area contributed by atoms with Crippen molar-refractivity contribution in [2.45, 2.75) is 13.3 Å². The van der Waals surface area contributed by atoms with E-state index in [2.05, 4.69) is 15.0 Å². The van der Waals surface area contributed by atoms with Crippen molar-refractivity contribution in [3.05, 3.63) is 23.9 Å². The van der Waals surface area contributed by atoms with Crippen LogP contribution in [0.5, 0.6) is 0 Å². The van der Waals surface area contributed by atoms with E-state index in [1.165, 1.54) is 7.11 Å². The molecule has 0 fully saturated rings. The molecule has 0 aromatic carbocycles. The average Bonchev–Trinajstić information content (AvgIpc) is 2.39. The van der Waals surface area contributed by atoms with E-state index in [-0.39, 0.29) is 12.4 Å². The first-order valence-corrected chi connectivity index (χ1v) is 5.61. The van der Waals surface area contributed by atoms with Gasteiger partial charge in [-0.2, -0.15) is 0 Å². The molecule has 0 saturated heterocycles. The Hall–Kier alpha value is -2.11. The molecular formula is C12H16N2O4. The van der Waals surface area contributed by atoms with Crippen LogP contribution in [0.15, 0.2) is 18.3 Å². The molecule has 18 heavy (non-hydrogen) atoms. The maximum Gasteiger partial charge on any atom is 0.341 e. The van der Waals surface area contributed by atoms with Crippen LogP contribution >= 0.6 is 0 Å². The summed E-state index contributed by atoms with van der Waals surface area (Å²) in [5.74, 6) is -0.359. The van der Waals surface area contributed by atoms with Gasteiger partial charge in [-0.15, -0.1) is 0 Å². The van der Waals surface area contributed by atoms with Gasteiger partial charge in [0, 0.05) is 12.7 Å². The summed E-state index contributed by atoms with van der Waals surface area (Å²) < 4.78 is 9.42. The lowest BCUT2D eigenvalue weighted by molar-refractivity contribution is -0.140. The molecule has 6 nitrogen and oxygen atoms in total. The van der Waals surface area contributed by atoms with Gasteiger partial charge in [-0.1, -0.05) is 0 Å². The summed E-state index contributed by atoms with van der Waals surface area (Å²) in [6.07, 6.45) is 1.76. The van der Waals surface area contributed by atoms with E-state index >= 15 is 0 Å². The van der Waals surface area contributed by atoms with Crippen LogP contribution in [0.2, 0.25) is 0 Å². The summed E-state index contributed by atoms with van der Waals surface area (Å²) in [6.45, 7) is 2.38. The van der Waals surface area contributed by atoms with E-state index in [1.807, 2.05) is 0 Å². The molecule has 0 aliphatic carbocycles. The lowest BCUT2D eigenvalue weighted by Gasteiger charge is -2.09. The van der Waals surface area contributed by atoms with E-state index in [0.717, 1.165) is 0 Å².